The minimum atomic E-state index is -1.04. The number of hydrogen-bond donors (Lipinski definition) is 2. The summed E-state index contributed by atoms with van der Waals surface area (Å²) in [4.78, 5) is 39.4. The van der Waals surface area contributed by atoms with Gasteiger partial charge < -0.3 is 15.3 Å². The van der Waals surface area contributed by atoms with Gasteiger partial charge in [0.25, 0.3) is 5.91 Å². The summed E-state index contributed by atoms with van der Waals surface area (Å²) in [5, 5.41) is 12.3. The number of carboxylic acids is 1. The quantitative estimate of drug-likeness (QED) is 0.364. The summed E-state index contributed by atoms with van der Waals surface area (Å²) in [6.45, 7) is 4.83. The number of aryl methyl sites for hydroxylation is 1. The second-order valence-corrected chi connectivity index (χ2v) is 11.1. The Kier molecular flexibility index (Phi) is 13.5. The monoisotopic (exact) mass is 532 g/mol. The number of carbonyl (C=O) groups is 3. The second kappa shape index (κ2) is 16.0. The summed E-state index contributed by atoms with van der Waals surface area (Å²) in [5.74, 6) is -0.0565. The standard InChI is InChI=1S/C30H40N2O4S.Li.H/c1-21-9-7-8-12-25(21)27-19-24(20-32(22(2)33)17-15-23-10-5-4-6-11-23)13-14-26(27)29(34)31-28(30(35)36)16-18-37-3;;/h7-9,12-14,19,23,28H,4-6,10-11,15-18,20H2,1-3H3,(H,31,34)(H,35,36);;/t28-;;/m0../s1. The molecule has 1 fully saturated rings. The van der Waals surface area contributed by atoms with E-state index in [1.807, 2.05) is 54.5 Å². The Labute approximate surface area is 243 Å². The minimum absolute atomic E-state index is 0. The molecule has 0 radical (unpaired) electrons. The van der Waals surface area contributed by atoms with Crippen molar-refractivity contribution in [2.45, 2.75) is 71.4 Å². The number of thioether (sulfide) groups is 1. The summed E-state index contributed by atoms with van der Waals surface area (Å²) in [6.07, 6.45) is 9.69. The first-order chi connectivity index (χ1) is 17.8. The van der Waals surface area contributed by atoms with Gasteiger partial charge in [0.1, 0.15) is 6.04 Å². The number of nitrogens with one attached hydrogen (secondary N) is 1. The number of aliphatic carboxylic acids is 1. The van der Waals surface area contributed by atoms with Gasteiger partial charge in [0.05, 0.1) is 0 Å². The molecule has 0 heterocycles. The zero-order chi connectivity index (χ0) is 26.8. The Morgan fingerprint density at radius 3 is 2.42 bits per heavy atom. The number of carboxylic acid groups (broad SMARTS) is 1. The molecule has 38 heavy (non-hydrogen) atoms. The van der Waals surface area contributed by atoms with E-state index in [0.717, 1.165) is 35.2 Å². The van der Waals surface area contributed by atoms with Gasteiger partial charge in [0.15, 0.2) is 0 Å². The van der Waals surface area contributed by atoms with Crippen LogP contribution in [0.5, 0.6) is 0 Å². The molecule has 1 aliphatic rings. The third-order valence-electron chi connectivity index (χ3n) is 7.33. The van der Waals surface area contributed by atoms with E-state index in [0.29, 0.717) is 30.2 Å². The van der Waals surface area contributed by atoms with Crippen LogP contribution < -0.4 is 5.32 Å². The average Bonchev–Trinajstić information content (AvgIpc) is 2.89. The molecule has 0 aromatic heterocycles. The molecule has 3 rings (SSSR count). The molecule has 2 aromatic carbocycles. The Bertz CT molecular complexity index is 1090. The predicted molar refractivity (Wildman–Crippen MR) is 158 cm³/mol. The van der Waals surface area contributed by atoms with Crippen LogP contribution >= 0.6 is 11.8 Å². The first-order valence-electron chi connectivity index (χ1n) is 13.3. The van der Waals surface area contributed by atoms with Crippen LogP contribution in [0.4, 0.5) is 0 Å². The number of amides is 2. The average molecular weight is 533 g/mol. The van der Waals surface area contributed by atoms with Crippen molar-refractivity contribution < 1.29 is 19.5 Å². The van der Waals surface area contributed by atoms with Crippen molar-refractivity contribution in [2.75, 3.05) is 18.6 Å². The molecular formula is C30H41LiN2O4S. The summed E-state index contributed by atoms with van der Waals surface area (Å²) in [5.41, 5.74) is 4.07. The van der Waals surface area contributed by atoms with E-state index >= 15 is 0 Å². The number of rotatable bonds is 12. The van der Waals surface area contributed by atoms with Gasteiger partial charge in [-0.1, -0.05) is 62.4 Å². The molecular weight excluding hydrogens is 491 g/mol. The maximum absolute atomic E-state index is 13.3. The van der Waals surface area contributed by atoms with Gasteiger partial charge in [-0.05, 0) is 72.1 Å². The first-order valence-corrected chi connectivity index (χ1v) is 14.7. The molecule has 0 bridgehead atoms. The van der Waals surface area contributed by atoms with E-state index in [1.165, 1.54) is 32.1 Å². The molecule has 6 nitrogen and oxygen atoms in total. The van der Waals surface area contributed by atoms with Crippen LogP contribution in [0.25, 0.3) is 11.1 Å². The number of benzene rings is 2. The second-order valence-electron chi connectivity index (χ2n) is 10.1. The number of nitrogens with zero attached hydrogens (tertiary/aromatic N) is 1. The van der Waals surface area contributed by atoms with E-state index in [-0.39, 0.29) is 24.8 Å². The molecule has 0 spiro atoms. The van der Waals surface area contributed by atoms with Gasteiger partial charge in [-0.15, -0.1) is 0 Å². The molecule has 2 amide bonds. The molecule has 1 aliphatic carbocycles. The van der Waals surface area contributed by atoms with Crippen LogP contribution in [-0.4, -0.2) is 71.2 Å². The molecule has 202 valence electrons. The fourth-order valence-electron chi connectivity index (χ4n) is 5.10. The molecule has 0 unspecified atom stereocenters. The van der Waals surface area contributed by atoms with E-state index in [2.05, 4.69) is 5.32 Å². The predicted octanol–water partition coefficient (Wildman–Crippen LogP) is 5.27. The molecule has 0 saturated heterocycles. The van der Waals surface area contributed by atoms with Crippen LogP contribution in [0, 0.1) is 12.8 Å². The molecule has 0 aliphatic heterocycles. The van der Waals surface area contributed by atoms with E-state index in [9.17, 15) is 19.5 Å². The summed E-state index contributed by atoms with van der Waals surface area (Å²) in [7, 11) is 0. The van der Waals surface area contributed by atoms with Crippen molar-refractivity contribution >= 4 is 48.4 Å². The topological polar surface area (TPSA) is 86.7 Å². The Balaban J connectivity index is 0.00000507. The van der Waals surface area contributed by atoms with E-state index < -0.39 is 17.9 Å². The van der Waals surface area contributed by atoms with Crippen LogP contribution in [0.2, 0.25) is 0 Å². The van der Waals surface area contributed by atoms with Crippen molar-refractivity contribution in [1.29, 1.82) is 0 Å². The number of carbonyl (C=O) groups excluding carboxylic acids is 2. The fourth-order valence-corrected chi connectivity index (χ4v) is 5.57. The van der Waals surface area contributed by atoms with Gasteiger partial charge in [-0.2, -0.15) is 11.8 Å². The maximum atomic E-state index is 13.3. The summed E-state index contributed by atoms with van der Waals surface area (Å²) in [6, 6.07) is 12.5. The van der Waals surface area contributed by atoms with Crippen molar-refractivity contribution in [1.82, 2.24) is 10.2 Å². The SMILES string of the molecule is CSCC[C@H](NC(=O)c1ccc(CN(CCC2CCCCC2)C(C)=O)cc1-c1ccccc1C)C(=O)O.[LiH]. The van der Waals surface area contributed by atoms with Crippen LogP contribution in [0.3, 0.4) is 0 Å². The van der Waals surface area contributed by atoms with Gasteiger partial charge >= 0.3 is 24.8 Å². The van der Waals surface area contributed by atoms with Crippen LogP contribution in [-0.2, 0) is 16.1 Å². The fraction of sp³-hybridized carbons (Fsp3) is 0.500. The van der Waals surface area contributed by atoms with Gasteiger partial charge in [-0.3, -0.25) is 9.59 Å². The molecule has 2 N–H and O–H groups in total. The normalized spacial score (nSPS) is 14.3. The van der Waals surface area contributed by atoms with Gasteiger partial charge in [-0.25, -0.2) is 4.79 Å². The Hall–Kier alpha value is -2.20. The van der Waals surface area contributed by atoms with Crippen LogP contribution in [0.15, 0.2) is 42.5 Å². The van der Waals surface area contributed by atoms with Gasteiger partial charge in [0, 0.05) is 25.6 Å². The van der Waals surface area contributed by atoms with Crippen molar-refractivity contribution in [3.05, 3.63) is 59.2 Å². The molecule has 1 saturated carbocycles. The van der Waals surface area contributed by atoms with Gasteiger partial charge in [0.2, 0.25) is 5.91 Å². The molecule has 2 aromatic rings. The van der Waals surface area contributed by atoms with E-state index in [4.69, 9.17) is 0 Å². The Morgan fingerprint density at radius 1 is 1.08 bits per heavy atom. The summed E-state index contributed by atoms with van der Waals surface area (Å²) < 4.78 is 0. The first kappa shape index (κ1) is 32.0. The zero-order valence-corrected chi connectivity index (χ0v) is 23.1. The summed E-state index contributed by atoms with van der Waals surface area (Å²) >= 11 is 1.55. The number of hydrogen-bond acceptors (Lipinski definition) is 4. The van der Waals surface area contributed by atoms with Crippen molar-refractivity contribution in [2.24, 2.45) is 5.92 Å². The zero-order valence-electron chi connectivity index (χ0n) is 22.3. The molecule has 1 atom stereocenters. The van der Waals surface area contributed by atoms with Crippen molar-refractivity contribution in [3.63, 3.8) is 0 Å². The third-order valence-corrected chi connectivity index (χ3v) is 7.97. The Morgan fingerprint density at radius 2 is 1.79 bits per heavy atom. The van der Waals surface area contributed by atoms with Crippen molar-refractivity contribution in [3.8, 4) is 11.1 Å². The van der Waals surface area contributed by atoms with Crippen LogP contribution in [0.1, 0.15) is 73.4 Å². The third kappa shape index (κ3) is 9.22. The van der Waals surface area contributed by atoms with E-state index in [1.54, 1.807) is 24.8 Å². The molecule has 8 heteroatoms.